The van der Waals surface area contributed by atoms with Gasteiger partial charge in [-0.1, -0.05) is 13.8 Å². The minimum Gasteiger partial charge on any atom is -0.395 e. The van der Waals surface area contributed by atoms with Gasteiger partial charge in [0, 0.05) is 12.6 Å². The summed E-state index contributed by atoms with van der Waals surface area (Å²) in [5.41, 5.74) is 6.10. The predicted molar refractivity (Wildman–Crippen MR) is 61.7 cm³/mol. The summed E-state index contributed by atoms with van der Waals surface area (Å²) in [7, 11) is 0. The van der Waals surface area contributed by atoms with Gasteiger partial charge in [0.2, 0.25) is 0 Å². The first-order chi connectivity index (χ1) is 7.03. The van der Waals surface area contributed by atoms with Gasteiger partial charge in [-0.3, -0.25) is 0 Å². The van der Waals surface area contributed by atoms with Gasteiger partial charge in [-0.05, 0) is 37.5 Å². The van der Waals surface area contributed by atoms with Crippen molar-refractivity contribution >= 4 is 0 Å². The van der Waals surface area contributed by atoms with Gasteiger partial charge in [0.25, 0.3) is 0 Å². The zero-order chi connectivity index (χ0) is 11.3. The predicted octanol–water partition coefficient (Wildman–Crippen LogP) is 1.68. The van der Waals surface area contributed by atoms with Gasteiger partial charge in [-0.2, -0.15) is 0 Å². The van der Waals surface area contributed by atoms with Crippen LogP contribution in [0.15, 0.2) is 0 Å². The van der Waals surface area contributed by atoms with Gasteiger partial charge >= 0.3 is 0 Å². The summed E-state index contributed by atoms with van der Waals surface area (Å²) in [6.07, 6.45) is 6.02. The van der Waals surface area contributed by atoms with Crippen LogP contribution in [0.3, 0.4) is 0 Å². The zero-order valence-corrected chi connectivity index (χ0v) is 10.0. The molecular formula is C12H25NO2. The molecule has 0 aromatic rings. The summed E-state index contributed by atoms with van der Waals surface area (Å²) in [5, 5.41) is 8.76. The van der Waals surface area contributed by atoms with E-state index in [0.717, 1.165) is 6.42 Å². The third-order valence-corrected chi connectivity index (χ3v) is 3.36. The molecule has 1 saturated carbocycles. The van der Waals surface area contributed by atoms with Gasteiger partial charge in [0.05, 0.1) is 12.7 Å². The van der Waals surface area contributed by atoms with Crippen LogP contribution in [0.2, 0.25) is 0 Å². The Morgan fingerprint density at radius 3 is 2.53 bits per heavy atom. The molecule has 0 heterocycles. The van der Waals surface area contributed by atoms with E-state index in [1.54, 1.807) is 0 Å². The maximum absolute atomic E-state index is 8.76. The van der Waals surface area contributed by atoms with Crippen LogP contribution < -0.4 is 5.73 Å². The van der Waals surface area contributed by atoms with Crippen LogP contribution in [0.25, 0.3) is 0 Å². The average Bonchev–Trinajstić information content (AvgIpc) is 2.20. The molecule has 1 aliphatic rings. The summed E-state index contributed by atoms with van der Waals surface area (Å²) in [6, 6.07) is -0.120. The fraction of sp³-hybridized carbons (Fsp3) is 1.00. The minimum atomic E-state index is -0.120. The second-order valence-corrected chi connectivity index (χ2v) is 5.47. The van der Waals surface area contributed by atoms with Crippen LogP contribution in [-0.2, 0) is 4.74 Å². The average molecular weight is 215 g/mol. The third kappa shape index (κ3) is 4.96. The number of aliphatic hydroxyl groups is 1. The van der Waals surface area contributed by atoms with Gasteiger partial charge in [-0.15, -0.1) is 0 Å². The second-order valence-electron chi connectivity index (χ2n) is 5.47. The lowest BCUT2D eigenvalue weighted by Crippen LogP contribution is -2.30. The first kappa shape index (κ1) is 12.9. The van der Waals surface area contributed by atoms with Crippen molar-refractivity contribution in [1.29, 1.82) is 0 Å². The van der Waals surface area contributed by atoms with Crippen molar-refractivity contribution < 1.29 is 9.84 Å². The Morgan fingerprint density at radius 2 is 2.00 bits per heavy atom. The summed E-state index contributed by atoms with van der Waals surface area (Å²) >= 11 is 0. The van der Waals surface area contributed by atoms with Crippen molar-refractivity contribution in [2.24, 2.45) is 11.1 Å². The Hall–Kier alpha value is -0.120. The molecular weight excluding hydrogens is 190 g/mol. The molecule has 1 unspecified atom stereocenters. The van der Waals surface area contributed by atoms with Crippen LogP contribution >= 0.6 is 0 Å². The number of nitrogens with two attached hydrogens (primary N) is 1. The lowest BCUT2D eigenvalue weighted by Gasteiger charge is -2.34. The SMILES string of the molecule is CC1(C)CCC(OCCC(N)CO)CC1. The molecule has 0 saturated heterocycles. The Balaban J connectivity index is 2.09. The lowest BCUT2D eigenvalue weighted by atomic mass is 9.76. The van der Waals surface area contributed by atoms with Crippen molar-refractivity contribution in [3.8, 4) is 0 Å². The van der Waals surface area contributed by atoms with E-state index < -0.39 is 0 Å². The molecule has 0 aromatic carbocycles. The molecule has 3 N–H and O–H groups in total. The molecule has 0 amide bonds. The highest BCUT2D eigenvalue weighted by Gasteiger charge is 2.26. The van der Waals surface area contributed by atoms with Crippen molar-refractivity contribution in [2.45, 2.75) is 58.1 Å². The number of hydrogen-bond donors (Lipinski definition) is 2. The van der Waals surface area contributed by atoms with Gasteiger partial charge in [-0.25, -0.2) is 0 Å². The molecule has 3 nitrogen and oxygen atoms in total. The number of hydrogen-bond acceptors (Lipinski definition) is 3. The minimum absolute atomic E-state index is 0.0566. The van der Waals surface area contributed by atoms with Crippen LogP contribution in [0.5, 0.6) is 0 Å². The normalized spacial score (nSPS) is 24.0. The molecule has 0 bridgehead atoms. The monoisotopic (exact) mass is 215 g/mol. The summed E-state index contributed by atoms with van der Waals surface area (Å²) in [6.45, 7) is 5.39. The Morgan fingerprint density at radius 1 is 1.40 bits per heavy atom. The molecule has 1 fully saturated rings. The molecule has 0 aliphatic heterocycles. The molecule has 3 heteroatoms. The fourth-order valence-corrected chi connectivity index (χ4v) is 2.02. The highest BCUT2D eigenvalue weighted by atomic mass is 16.5. The molecule has 15 heavy (non-hydrogen) atoms. The van der Waals surface area contributed by atoms with Crippen molar-refractivity contribution in [2.75, 3.05) is 13.2 Å². The second kappa shape index (κ2) is 5.83. The van der Waals surface area contributed by atoms with E-state index in [-0.39, 0.29) is 12.6 Å². The molecule has 0 spiro atoms. The molecule has 1 atom stereocenters. The van der Waals surface area contributed by atoms with E-state index in [9.17, 15) is 0 Å². The van der Waals surface area contributed by atoms with Gasteiger partial charge in [0.1, 0.15) is 0 Å². The van der Waals surface area contributed by atoms with Crippen molar-refractivity contribution in [3.63, 3.8) is 0 Å². The summed E-state index contributed by atoms with van der Waals surface area (Å²) in [4.78, 5) is 0. The molecule has 1 rings (SSSR count). The third-order valence-electron chi connectivity index (χ3n) is 3.36. The molecule has 90 valence electrons. The lowest BCUT2D eigenvalue weighted by molar-refractivity contribution is 0.000176. The van der Waals surface area contributed by atoms with E-state index >= 15 is 0 Å². The maximum Gasteiger partial charge on any atom is 0.0583 e. The zero-order valence-electron chi connectivity index (χ0n) is 10.0. The first-order valence-electron chi connectivity index (χ1n) is 6.01. The molecule has 0 aromatic heterocycles. The summed E-state index contributed by atoms with van der Waals surface area (Å²) in [5.74, 6) is 0. The Kier molecular flexibility index (Phi) is 5.03. The first-order valence-corrected chi connectivity index (χ1v) is 6.01. The smallest absolute Gasteiger partial charge is 0.0583 e. The summed E-state index contributed by atoms with van der Waals surface area (Å²) < 4.78 is 5.76. The van der Waals surface area contributed by atoms with Crippen molar-refractivity contribution in [1.82, 2.24) is 0 Å². The van der Waals surface area contributed by atoms with E-state index in [1.165, 1.54) is 25.7 Å². The van der Waals surface area contributed by atoms with Gasteiger partial charge in [0.15, 0.2) is 0 Å². The molecule has 1 aliphatic carbocycles. The topological polar surface area (TPSA) is 55.5 Å². The van der Waals surface area contributed by atoms with E-state index in [4.69, 9.17) is 15.6 Å². The largest absolute Gasteiger partial charge is 0.395 e. The highest BCUT2D eigenvalue weighted by Crippen LogP contribution is 2.36. The highest BCUT2D eigenvalue weighted by molar-refractivity contribution is 4.78. The standard InChI is InChI=1S/C12H25NO2/c1-12(2)6-3-11(4-7-12)15-8-5-10(13)9-14/h10-11,14H,3-9,13H2,1-2H3. The Bertz CT molecular complexity index is 172. The Labute approximate surface area is 93.0 Å². The van der Waals surface area contributed by atoms with E-state index in [1.807, 2.05) is 0 Å². The van der Waals surface area contributed by atoms with E-state index in [0.29, 0.717) is 18.1 Å². The quantitative estimate of drug-likeness (QED) is 0.733. The van der Waals surface area contributed by atoms with Crippen LogP contribution in [0.1, 0.15) is 46.0 Å². The van der Waals surface area contributed by atoms with Crippen molar-refractivity contribution in [3.05, 3.63) is 0 Å². The van der Waals surface area contributed by atoms with Gasteiger partial charge < -0.3 is 15.6 Å². The van der Waals surface area contributed by atoms with Crippen LogP contribution in [-0.4, -0.2) is 30.5 Å². The molecule has 0 radical (unpaired) electrons. The number of aliphatic hydroxyl groups excluding tert-OH is 1. The van der Waals surface area contributed by atoms with Crippen LogP contribution in [0, 0.1) is 5.41 Å². The van der Waals surface area contributed by atoms with Crippen LogP contribution in [0.4, 0.5) is 0 Å². The van der Waals surface area contributed by atoms with E-state index in [2.05, 4.69) is 13.8 Å². The number of ether oxygens (including phenoxy) is 1. The maximum atomic E-state index is 8.76. The number of rotatable bonds is 5. The fourth-order valence-electron chi connectivity index (χ4n) is 2.02.